The molecule has 146 valence electrons. The molecule has 2 aromatic rings. The van der Waals surface area contributed by atoms with Crippen molar-refractivity contribution in [2.75, 3.05) is 6.61 Å². The molecule has 0 aromatic carbocycles. The highest BCUT2D eigenvalue weighted by Crippen LogP contribution is 2.40. The van der Waals surface area contributed by atoms with E-state index in [0.29, 0.717) is 22.3 Å². The zero-order valence-electron chi connectivity index (χ0n) is 15.7. The predicted octanol–water partition coefficient (Wildman–Crippen LogP) is 4.01. The Morgan fingerprint density at radius 2 is 2.00 bits per heavy atom. The average molecular weight is 412 g/mol. The molecule has 0 saturated carbocycles. The van der Waals surface area contributed by atoms with Gasteiger partial charge in [0, 0.05) is 10.8 Å². The molecule has 1 N–H and O–H groups in total. The lowest BCUT2D eigenvalue weighted by molar-refractivity contribution is -0.0626. The summed E-state index contributed by atoms with van der Waals surface area (Å²) in [5.41, 5.74) is -0.870. The number of carbonyl (C=O) groups is 2. The Hall–Kier alpha value is -2.04. The third-order valence-electron chi connectivity index (χ3n) is 3.83. The number of ether oxygens (including phenoxy) is 2. The second-order valence-corrected chi connectivity index (χ2v) is 9.29. The molecule has 0 unspecified atom stereocenters. The largest absolute Gasteiger partial charge is 0.476 e. The maximum atomic E-state index is 12.7. The fourth-order valence-corrected chi connectivity index (χ4v) is 4.38. The van der Waals surface area contributed by atoms with Crippen LogP contribution in [0.1, 0.15) is 56.2 Å². The molecule has 8 nitrogen and oxygen atoms in total. The van der Waals surface area contributed by atoms with Crippen LogP contribution in [-0.4, -0.2) is 50.0 Å². The smallest absolute Gasteiger partial charge is 0.413 e. The van der Waals surface area contributed by atoms with Crippen LogP contribution < -0.4 is 0 Å². The normalized spacial score (nSPS) is 19.3. The van der Waals surface area contributed by atoms with Gasteiger partial charge in [0.25, 0.3) is 0 Å². The van der Waals surface area contributed by atoms with E-state index in [4.69, 9.17) is 14.6 Å². The van der Waals surface area contributed by atoms with Gasteiger partial charge in [-0.25, -0.2) is 19.6 Å². The van der Waals surface area contributed by atoms with Crippen LogP contribution in [0.3, 0.4) is 0 Å². The van der Waals surface area contributed by atoms with Crippen molar-refractivity contribution < 1.29 is 24.2 Å². The summed E-state index contributed by atoms with van der Waals surface area (Å²) in [5, 5.41) is 13.5. The molecular weight excluding hydrogens is 390 g/mol. The molecule has 3 heterocycles. The van der Waals surface area contributed by atoms with E-state index in [0.717, 1.165) is 0 Å². The number of amides is 1. The zero-order chi connectivity index (χ0) is 20.0. The van der Waals surface area contributed by atoms with E-state index in [1.54, 1.807) is 10.3 Å². The highest BCUT2D eigenvalue weighted by atomic mass is 32.1. The Labute approximate surface area is 164 Å². The molecule has 1 saturated heterocycles. The van der Waals surface area contributed by atoms with E-state index in [2.05, 4.69) is 9.97 Å². The molecule has 0 radical (unpaired) electrons. The van der Waals surface area contributed by atoms with Crippen LogP contribution in [0, 0.1) is 0 Å². The molecule has 0 bridgehead atoms. The maximum absolute atomic E-state index is 12.7. The van der Waals surface area contributed by atoms with Gasteiger partial charge in [0.05, 0.1) is 6.61 Å². The molecule has 1 fully saturated rings. The van der Waals surface area contributed by atoms with Crippen molar-refractivity contribution in [2.45, 2.75) is 52.0 Å². The summed E-state index contributed by atoms with van der Waals surface area (Å²) in [4.78, 5) is 34.0. The minimum atomic E-state index is -1.07. The zero-order valence-corrected chi connectivity index (χ0v) is 17.3. The Morgan fingerprint density at radius 1 is 1.30 bits per heavy atom. The fourth-order valence-electron chi connectivity index (χ4n) is 2.67. The van der Waals surface area contributed by atoms with Gasteiger partial charge in [-0.3, -0.25) is 4.90 Å². The lowest BCUT2D eigenvalue weighted by Gasteiger charge is -2.34. The Kier molecular flexibility index (Phi) is 5.00. The summed E-state index contributed by atoms with van der Waals surface area (Å²) in [6.45, 7) is 9.36. The summed E-state index contributed by atoms with van der Waals surface area (Å²) in [6, 6.07) is -0.382. The van der Waals surface area contributed by atoms with Gasteiger partial charge in [-0.15, -0.1) is 22.7 Å². The number of rotatable bonds is 3. The Balaban J connectivity index is 1.87. The summed E-state index contributed by atoms with van der Waals surface area (Å²) < 4.78 is 11.3. The van der Waals surface area contributed by atoms with Gasteiger partial charge < -0.3 is 14.6 Å². The van der Waals surface area contributed by atoms with Gasteiger partial charge in [-0.1, -0.05) is 0 Å². The van der Waals surface area contributed by atoms with Crippen LogP contribution in [0.15, 0.2) is 10.8 Å². The number of hydrogen-bond donors (Lipinski definition) is 1. The lowest BCUT2D eigenvalue weighted by atomic mass is 10.2. The number of nitrogens with zero attached hydrogens (tertiary/aromatic N) is 3. The first-order valence-corrected chi connectivity index (χ1v) is 10.0. The molecule has 1 aliphatic heterocycles. The Bertz CT molecular complexity index is 868. The van der Waals surface area contributed by atoms with Gasteiger partial charge in [-0.05, 0) is 34.6 Å². The summed E-state index contributed by atoms with van der Waals surface area (Å²) >= 11 is 2.60. The maximum Gasteiger partial charge on any atom is 0.413 e. The number of aromatic carboxylic acids is 1. The molecule has 2 aromatic heterocycles. The molecule has 1 amide bonds. The minimum absolute atomic E-state index is 0.00901. The van der Waals surface area contributed by atoms with Crippen molar-refractivity contribution in [1.82, 2.24) is 14.9 Å². The van der Waals surface area contributed by atoms with Crippen molar-refractivity contribution in [2.24, 2.45) is 0 Å². The summed E-state index contributed by atoms with van der Waals surface area (Å²) in [5.74, 6) is -1.07. The van der Waals surface area contributed by atoms with Gasteiger partial charge in [0.15, 0.2) is 5.69 Å². The average Bonchev–Trinajstić information content (AvgIpc) is 3.21. The number of hydrogen-bond acceptors (Lipinski definition) is 8. The first-order chi connectivity index (χ1) is 12.5. The van der Waals surface area contributed by atoms with Crippen LogP contribution >= 0.6 is 22.7 Å². The van der Waals surface area contributed by atoms with E-state index in [1.165, 1.54) is 28.1 Å². The molecule has 3 rings (SSSR count). The van der Waals surface area contributed by atoms with Gasteiger partial charge in [0.1, 0.15) is 33.1 Å². The standard InChI is InChI=1S/C17H21N3O5S2/c1-16(2,3)25-15(23)20-11(6-24-17(20,4)5)13-18-9(7-27-13)12-19-10(8-26-12)14(21)22/h7-8,11H,6H2,1-5H3,(H,21,22)/t11-/m0/s1. The van der Waals surface area contributed by atoms with Crippen molar-refractivity contribution in [3.63, 3.8) is 0 Å². The van der Waals surface area contributed by atoms with Crippen LogP contribution in [-0.2, 0) is 9.47 Å². The van der Waals surface area contributed by atoms with E-state index in [1.807, 2.05) is 34.6 Å². The third kappa shape index (κ3) is 4.12. The second kappa shape index (κ2) is 6.84. The molecule has 1 atom stereocenters. The molecule has 0 spiro atoms. The third-order valence-corrected chi connectivity index (χ3v) is 5.64. The molecule has 1 aliphatic rings. The molecule has 27 heavy (non-hydrogen) atoms. The topological polar surface area (TPSA) is 102 Å². The Morgan fingerprint density at radius 3 is 2.59 bits per heavy atom. The van der Waals surface area contributed by atoms with E-state index in [-0.39, 0.29) is 11.7 Å². The van der Waals surface area contributed by atoms with Crippen LogP contribution in [0.4, 0.5) is 4.79 Å². The summed E-state index contributed by atoms with van der Waals surface area (Å²) in [7, 11) is 0. The fraction of sp³-hybridized carbons (Fsp3) is 0.529. The predicted molar refractivity (Wildman–Crippen MR) is 101 cm³/mol. The second-order valence-electron chi connectivity index (χ2n) is 7.54. The van der Waals surface area contributed by atoms with E-state index < -0.39 is 23.4 Å². The minimum Gasteiger partial charge on any atom is -0.476 e. The highest BCUT2D eigenvalue weighted by Gasteiger charge is 2.47. The lowest BCUT2D eigenvalue weighted by Crippen LogP contribution is -2.47. The monoisotopic (exact) mass is 411 g/mol. The number of carboxylic acids is 1. The molecule has 10 heteroatoms. The number of carbonyl (C=O) groups excluding carboxylic acids is 1. The van der Waals surface area contributed by atoms with E-state index in [9.17, 15) is 9.59 Å². The van der Waals surface area contributed by atoms with Gasteiger partial charge >= 0.3 is 12.1 Å². The van der Waals surface area contributed by atoms with Crippen molar-refractivity contribution in [1.29, 1.82) is 0 Å². The van der Waals surface area contributed by atoms with Crippen molar-refractivity contribution in [3.8, 4) is 10.7 Å². The SMILES string of the molecule is CC(C)(C)OC(=O)N1[C@H](c2nc(-c3nc(C(=O)O)cs3)cs2)COC1(C)C. The first kappa shape index (κ1) is 19.7. The molecular formula is C17H21N3O5S2. The van der Waals surface area contributed by atoms with Crippen LogP contribution in [0.2, 0.25) is 0 Å². The number of aromatic nitrogens is 2. The highest BCUT2D eigenvalue weighted by molar-refractivity contribution is 7.14. The van der Waals surface area contributed by atoms with Crippen molar-refractivity contribution in [3.05, 3.63) is 21.5 Å². The van der Waals surface area contributed by atoms with Crippen molar-refractivity contribution >= 4 is 34.7 Å². The first-order valence-electron chi connectivity index (χ1n) is 8.29. The van der Waals surface area contributed by atoms with Crippen LogP contribution in [0.25, 0.3) is 10.7 Å². The van der Waals surface area contributed by atoms with Crippen LogP contribution in [0.5, 0.6) is 0 Å². The summed E-state index contributed by atoms with van der Waals surface area (Å²) in [6.07, 6.45) is -0.464. The van der Waals surface area contributed by atoms with Gasteiger partial charge in [0.2, 0.25) is 0 Å². The molecule has 0 aliphatic carbocycles. The van der Waals surface area contributed by atoms with E-state index >= 15 is 0 Å². The van der Waals surface area contributed by atoms with Gasteiger partial charge in [-0.2, -0.15) is 0 Å². The number of thiazole rings is 2. The number of carboxylic acid groups (broad SMARTS) is 1. The quantitative estimate of drug-likeness (QED) is 0.814.